The molecule has 1 fully saturated rings. The molecule has 0 aromatic rings. The van der Waals surface area contributed by atoms with Crippen molar-refractivity contribution in [2.75, 3.05) is 19.8 Å². The van der Waals surface area contributed by atoms with E-state index in [1.54, 1.807) is 6.92 Å². The van der Waals surface area contributed by atoms with E-state index in [1.807, 2.05) is 0 Å². The molecule has 92 valence electrons. The minimum atomic E-state index is -0.750. The van der Waals surface area contributed by atoms with Crippen LogP contribution in [0.4, 0.5) is 0 Å². The van der Waals surface area contributed by atoms with E-state index in [1.165, 1.54) is 19.8 Å². The van der Waals surface area contributed by atoms with Crippen molar-refractivity contribution in [1.82, 2.24) is 0 Å². The number of hydrogen-bond donors (Lipinski definition) is 0. The van der Waals surface area contributed by atoms with Gasteiger partial charge < -0.3 is 9.47 Å². The summed E-state index contributed by atoms with van der Waals surface area (Å²) in [5.41, 5.74) is 0. The Morgan fingerprint density at radius 3 is 1.80 bits per heavy atom. The van der Waals surface area contributed by atoms with Crippen molar-refractivity contribution in [3.63, 3.8) is 0 Å². The molecule has 0 aliphatic carbocycles. The van der Waals surface area contributed by atoms with Crippen LogP contribution >= 0.6 is 34.8 Å². The first-order valence-electron chi connectivity index (χ1n) is 4.64. The predicted molar refractivity (Wildman–Crippen MR) is 63.7 cm³/mol. The molecule has 1 rings (SSSR count). The lowest BCUT2D eigenvalue weighted by Gasteiger charge is -1.89. The number of esters is 1. The fourth-order valence-electron chi connectivity index (χ4n) is 0.714. The fraction of sp³-hybridized carbons (Fsp3) is 0.889. The van der Waals surface area contributed by atoms with Crippen molar-refractivity contribution >= 4 is 40.8 Å². The molecule has 0 bridgehead atoms. The van der Waals surface area contributed by atoms with Gasteiger partial charge in [0.05, 0.1) is 6.61 Å². The Bertz CT molecular complexity index is 128. The zero-order valence-corrected chi connectivity index (χ0v) is 11.2. The van der Waals surface area contributed by atoms with Gasteiger partial charge in [0.2, 0.25) is 0 Å². The molecule has 1 aliphatic heterocycles. The van der Waals surface area contributed by atoms with Crippen LogP contribution in [-0.2, 0) is 14.3 Å². The molecule has 0 N–H and O–H groups in total. The van der Waals surface area contributed by atoms with Crippen molar-refractivity contribution < 1.29 is 14.3 Å². The molecule has 0 aromatic heterocycles. The Hall–Kier alpha value is 0.300. The number of hydrogen-bond acceptors (Lipinski definition) is 3. The zero-order valence-electron chi connectivity index (χ0n) is 8.97. The smallest absolute Gasteiger partial charge is 0.302 e. The van der Waals surface area contributed by atoms with Crippen LogP contribution < -0.4 is 0 Å². The number of halogens is 3. The van der Waals surface area contributed by atoms with Gasteiger partial charge in [0.25, 0.3) is 0 Å². The van der Waals surface area contributed by atoms with Crippen molar-refractivity contribution in [3.05, 3.63) is 0 Å². The second kappa shape index (κ2) is 14.3. The second-order valence-corrected chi connectivity index (χ2v) is 4.47. The first kappa shape index (κ1) is 17.7. The van der Waals surface area contributed by atoms with Crippen molar-refractivity contribution in [3.8, 4) is 0 Å². The van der Waals surface area contributed by atoms with Crippen LogP contribution in [0, 0.1) is 0 Å². The van der Waals surface area contributed by atoms with Crippen LogP contribution in [0.1, 0.15) is 26.7 Å². The molecule has 1 heterocycles. The third kappa shape index (κ3) is 31.4. The highest BCUT2D eigenvalue weighted by Gasteiger charge is 1.94. The highest BCUT2D eigenvalue weighted by molar-refractivity contribution is 6.63. The molecule has 0 atom stereocenters. The van der Waals surface area contributed by atoms with Gasteiger partial charge in [0.1, 0.15) is 0 Å². The number of alkyl halides is 3. The molecule has 0 unspecified atom stereocenters. The Kier molecular flexibility index (Phi) is 16.9. The third-order valence-corrected chi connectivity index (χ3v) is 1.17. The first-order chi connectivity index (χ1) is 7.00. The molecule has 0 spiro atoms. The number of carbonyl (C=O) groups is 1. The van der Waals surface area contributed by atoms with Gasteiger partial charge in [-0.05, 0) is 19.8 Å². The maximum Gasteiger partial charge on any atom is 0.302 e. The largest absolute Gasteiger partial charge is 0.466 e. The highest BCUT2D eigenvalue weighted by Crippen LogP contribution is 2.03. The summed E-state index contributed by atoms with van der Waals surface area (Å²) in [6.07, 6.45) is 2.56. The second-order valence-electron chi connectivity index (χ2n) is 2.49. The van der Waals surface area contributed by atoms with Crippen LogP contribution in [0.2, 0.25) is 0 Å². The summed E-state index contributed by atoms with van der Waals surface area (Å²) in [5.74, 6) is -0.211. The molecule has 6 heteroatoms. The standard InChI is InChI=1S/C4H8O2.C4H8O.CHCl3/c1-3-6-4(2)5;1-2-4-5-3-1;2-1(3)4/h3H2,1-2H3;1-4H2;1H. The van der Waals surface area contributed by atoms with Crippen LogP contribution in [0.25, 0.3) is 0 Å². The lowest BCUT2D eigenvalue weighted by atomic mass is 10.4. The Balaban J connectivity index is 0. The highest BCUT2D eigenvalue weighted by atomic mass is 35.6. The van der Waals surface area contributed by atoms with Gasteiger partial charge in [-0.15, -0.1) is 0 Å². The molecule has 0 amide bonds. The van der Waals surface area contributed by atoms with Gasteiger partial charge in [-0.25, -0.2) is 0 Å². The van der Waals surface area contributed by atoms with Gasteiger partial charge in [-0.1, -0.05) is 34.8 Å². The minimum Gasteiger partial charge on any atom is -0.466 e. The molecular weight excluding hydrogens is 262 g/mol. The molecule has 3 nitrogen and oxygen atoms in total. The van der Waals surface area contributed by atoms with E-state index in [2.05, 4.69) is 4.74 Å². The topological polar surface area (TPSA) is 35.5 Å². The van der Waals surface area contributed by atoms with E-state index >= 15 is 0 Å². The molecule has 0 aromatic carbocycles. The maximum absolute atomic E-state index is 9.82. The maximum atomic E-state index is 9.82. The number of carbonyl (C=O) groups excluding carboxylic acids is 1. The van der Waals surface area contributed by atoms with E-state index in [0.717, 1.165) is 13.2 Å². The predicted octanol–water partition coefficient (Wildman–Crippen LogP) is 3.35. The van der Waals surface area contributed by atoms with Crippen molar-refractivity contribution in [2.45, 2.75) is 31.0 Å². The monoisotopic (exact) mass is 278 g/mol. The average molecular weight is 280 g/mol. The molecule has 15 heavy (non-hydrogen) atoms. The Labute approximate surface area is 106 Å². The number of rotatable bonds is 1. The minimum absolute atomic E-state index is 0.211. The normalized spacial score (nSPS) is 13.5. The Morgan fingerprint density at radius 1 is 1.33 bits per heavy atom. The lowest BCUT2D eigenvalue weighted by Crippen LogP contribution is -1.95. The molecule has 0 radical (unpaired) electrons. The van der Waals surface area contributed by atoms with E-state index in [-0.39, 0.29) is 5.97 Å². The summed E-state index contributed by atoms with van der Waals surface area (Å²) in [6.45, 7) is 5.65. The van der Waals surface area contributed by atoms with Crippen molar-refractivity contribution in [2.24, 2.45) is 0 Å². The summed E-state index contributed by atoms with van der Waals surface area (Å²) in [6, 6.07) is 0. The SMILES string of the molecule is C1CCOC1.CCOC(C)=O.ClC(Cl)Cl. The molecule has 1 aliphatic rings. The summed E-state index contributed by atoms with van der Waals surface area (Å²) in [7, 11) is 0. The van der Waals surface area contributed by atoms with E-state index < -0.39 is 4.30 Å². The summed E-state index contributed by atoms with van der Waals surface area (Å²) >= 11 is 14.4. The van der Waals surface area contributed by atoms with Gasteiger partial charge in [-0.2, -0.15) is 0 Å². The van der Waals surface area contributed by atoms with Gasteiger partial charge >= 0.3 is 5.97 Å². The van der Waals surface area contributed by atoms with E-state index in [4.69, 9.17) is 39.5 Å². The van der Waals surface area contributed by atoms with Gasteiger partial charge in [-0.3, -0.25) is 4.79 Å². The van der Waals surface area contributed by atoms with Crippen LogP contribution in [0.5, 0.6) is 0 Å². The molecule has 1 saturated heterocycles. The number of ether oxygens (including phenoxy) is 2. The van der Waals surface area contributed by atoms with Crippen LogP contribution in [0.3, 0.4) is 0 Å². The van der Waals surface area contributed by atoms with Crippen molar-refractivity contribution in [1.29, 1.82) is 0 Å². The van der Waals surface area contributed by atoms with Crippen LogP contribution in [0.15, 0.2) is 0 Å². The average Bonchev–Trinajstić information content (AvgIpc) is 2.58. The van der Waals surface area contributed by atoms with Gasteiger partial charge in [0, 0.05) is 20.1 Å². The molecular formula is C9H17Cl3O3. The van der Waals surface area contributed by atoms with Crippen LogP contribution in [-0.4, -0.2) is 30.1 Å². The van der Waals surface area contributed by atoms with Gasteiger partial charge in [0.15, 0.2) is 4.30 Å². The summed E-state index contributed by atoms with van der Waals surface area (Å²) in [4.78, 5) is 9.82. The summed E-state index contributed by atoms with van der Waals surface area (Å²) in [5, 5.41) is 0. The quantitative estimate of drug-likeness (QED) is 0.545. The first-order valence-corrected chi connectivity index (χ1v) is 5.95. The third-order valence-electron chi connectivity index (χ3n) is 1.17. The lowest BCUT2D eigenvalue weighted by molar-refractivity contribution is -0.140. The molecule has 0 saturated carbocycles. The summed E-state index contributed by atoms with van der Waals surface area (Å²) < 4.78 is 8.60. The Morgan fingerprint density at radius 2 is 1.73 bits per heavy atom. The van der Waals surface area contributed by atoms with E-state index in [9.17, 15) is 4.79 Å². The van der Waals surface area contributed by atoms with E-state index in [0.29, 0.717) is 6.61 Å². The fourth-order valence-corrected chi connectivity index (χ4v) is 0.714. The zero-order chi connectivity index (χ0) is 12.1.